The van der Waals surface area contributed by atoms with Crippen LogP contribution in [0, 0.1) is 6.92 Å². The van der Waals surface area contributed by atoms with Crippen molar-refractivity contribution in [2.24, 2.45) is 0 Å². The number of anilines is 2. The van der Waals surface area contributed by atoms with Crippen LogP contribution in [-0.4, -0.2) is 43.3 Å². The number of nitrogens with one attached hydrogen (secondary N) is 1. The first-order chi connectivity index (χ1) is 17.6. The number of carbonyl (C=O) groups excluding carboxylic acids is 2. The number of imidazole rings is 1. The van der Waals surface area contributed by atoms with E-state index in [1.807, 2.05) is 87.5 Å². The fraction of sp³-hybridized carbons (Fsp3) is 0.185. The number of aromatic nitrogens is 4. The molecule has 36 heavy (non-hydrogen) atoms. The highest BCUT2D eigenvalue weighted by molar-refractivity contribution is 7.99. The van der Waals surface area contributed by atoms with Crippen LogP contribution in [0.4, 0.5) is 11.4 Å². The van der Waals surface area contributed by atoms with E-state index in [0.717, 1.165) is 34.4 Å². The maximum absolute atomic E-state index is 13.0. The minimum Gasteiger partial charge on any atom is -0.324 e. The number of thioether (sulfide) groups is 1. The van der Waals surface area contributed by atoms with E-state index in [0.29, 0.717) is 17.5 Å². The van der Waals surface area contributed by atoms with Gasteiger partial charge in [0.05, 0.1) is 16.8 Å². The van der Waals surface area contributed by atoms with Crippen LogP contribution in [0.3, 0.4) is 0 Å². The SMILES string of the molecule is Cc1ccccc1NC(=O)Cn1c2ccccc2n2c(SCC(=O)N3CCc4ccccc43)nnc12. The summed E-state index contributed by atoms with van der Waals surface area (Å²) in [6.07, 6.45) is 0.875. The molecule has 0 fully saturated rings. The number of aryl methyl sites for hydroxylation is 1. The Morgan fingerprint density at radius 3 is 2.56 bits per heavy atom. The van der Waals surface area contributed by atoms with E-state index >= 15 is 0 Å². The van der Waals surface area contributed by atoms with Gasteiger partial charge in [0, 0.05) is 17.9 Å². The molecule has 2 amide bonds. The fourth-order valence-electron chi connectivity index (χ4n) is 4.73. The van der Waals surface area contributed by atoms with Crippen LogP contribution in [0.5, 0.6) is 0 Å². The van der Waals surface area contributed by atoms with E-state index in [2.05, 4.69) is 21.6 Å². The van der Waals surface area contributed by atoms with Crippen molar-refractivity contribution in [2.45, 2.75) is 25.0 Å². The molecule has 0 aliphatic carbocycles. The molecule has 1 aliphatic heterocycles. The first-order valence-corrected chi connectivity index (χ1v) is 12.8. The Morgan fingerprint density at radius 1 is 0.944 bits per heavy atom. The van der Waals surface area contributed by atoms with Crippen LogP contribution in [0.2, 0.25) is 0 Å². The van der Waals surface area contributed by atoms with Crippen LogP contribution >= 0.6 is 11.8 Å². The van der Waals surface area contributed by atoms with Gasteiger partial charge in [0.15, 0.2) is 5.16 Å². The van der Waals surface area contributed by atoms with Gasteiger partial charge in [-0.25, -0.2) is 0 Å². The van der Waals surface area contributed by atoms with Gasteiger partial charge < -0.3 is 10.2 Å². The summed E-state index contributed by atoms with van der Waals surface area (Å²) < 4.78 is 3.78. The summed E-state index contributed by atoms with van der Waals surface area (Å²) in [7, 11) is 0. The van der Waals surface area contributed by atoms with Gasteiger partial charge >= 0.3 is 0 Å². The highest BCUT2D eigenvalue weighted by atomic mass is 32.2. The van der Waals surface area contributed by atoms with Crippen LogP contribution < -0.4 is 10.2 Å². The molecular formula is C27H24N6O2S. The summed E-state index contributed by atoms with van der Waals surface area (Å²) in [5.41, 5.74) is 5.75. The van der Waals surface area contributed by atoms with Gasteiger partial charge in [-0.3, -0.25) is 18.6 Å². The minimum absolute atomic E-state index is 0.0445. The molecule has 0 saturated heterocycles. The van der Waals surface area contributed by atoms with E-state index in [1.54, 1.807) is 0 Å². The zero-order valence-corrected chi connectivity index (χ0v) is 20.5. The number of hydrogen-bond acceptors (Lipinski definition) is 5. The Bertz CT molecular complexity index is 1620. The lowest BCUT2D eigenvalue weighted by molar-refractivity contribution is -0.117. The number of amides is 2. The van der Waals surface area contributed by atoms with Gasteiger partial charge in [0.1, 0.15) is 6.54 Å². The van der Waals surface area contributed by atoms with E-state index in [4.69, 9.17) is 0 Å². The molecule has 0 unspecified atom stereocenters. The number of nitrogens with zero attached hydrogens (tertiary/aromatic N) is 5. The Labute approximate surface area is 211 Å². The third-order valence-corrected chi connectivity index (χ3v) is 7.42. The lowest BCUT2D eigenvalue weighted by Gasteiger charge is -2.16. The normalized spacial score (nSPS) is 12.9. The average molecular weight is 497 g/mol. The highest BCUT2D eigenvalue weighted by Crippen LogP contribution is 2.30. The molecule has 1 N–H and O–H groups in total. The first-order valence-electron chi connectivity index (χ1n) is 11.8. The monoisotopic (exact) mass is 496 g/mol. The standard InChI is InChI=1S/C27H24N6O2S/c1-18-8-2-4-10-20(18)28-24(34)16-32-22-12-6-7-13-23(22)33-26(32)29-30-27(33)36-17-25(35)31-15-14-19-9-3-5-11-21(19)31/h2-13H,14-17H2,1H3,(H,28,34). The molecule has 0 radical (unpaired) electrons. The van der Waals surface area contributed by atoms with Crippen molar-refractivity contribution < 1.29 is 9.59 Å². The van der Waals surface area contributed by atoms with Gasteiger partial charge in [-0.15, -0.1) is 10.2 Å². The Kier molecular flexibility index (Phi) is 5.69. The second-order valence-corrected chi connectivity index (χ2v) is 9.71. The summed E-state index contributed by atoms with van der Waals surface area (Å²) in [5, 5.41) is 12.4. The molecule has 0 spiro atoms. The largest absolute Gasteiger partial charge is 0.324 e. The van der Waals surface area contributed by atoms with E-state index in [-0.39, 0.29) is 24.1 Å². The van der Waals surface area contributed by atoms with Gasteiger partial charge in [0.2, 0.25) is 17.6 Å². The molecule has 1 aliphatic rings. The van der Waals surface area contributed by atoms with Crippen LogP contribution in [0.15, 0.2) is 78.0 Å². The Balaban J connectivity index is 1.26. The molecule has 5 aromatic rings. The summed E-state index contributed by atoms with van der Waals surface area (Å²) >= 11 is 1.36. The molecule has 0 saturated carbocycles. The third kappa shape index (κ3) is 3.91. The number of carbonyl (C=O) groups is 2. The summed E-state index contributed by atoms with van der Waals surface area (Å²) in [6, 6.07) is 23.5. The predicted octanol–water partition coefficient (Wildman–Crippen LogP) is 4.31. The van der Waals surface area contributed by atoms with Crippen LogP contribution in [0.25, 0.3) is 16.8 Å². The molecular weight excluding hydrogens is 472 g/mol. The summed E-state index contributed by atoms with van der Waals surface area (Å²) in [5.74, 6) is 0.718. The molecule has 180 valence electrons. The Hall–Kier alpha value is -4.11. The highest BCUT2D eigenvalue weighted by Gasteiger charge is 2.25. The van der Waals surface area contributed by atoms with Crippen molar-refractivity contribution in [3.8, 4) is 0 Å². The van der Waals surface area contributed by atoms with Crippen molar-refractivity contribution >= 4 is 51.8 Å². The molecule has 8 nitrogen and oxygen atoms in total. The van der Waals surface area contributed by atoms with Gasteiger partial charge in [-0.05, 0) is 48.7 Å². The maximum atomic E-state index is 13.0. The minimum atomic E-state index is -0.146. The van der Waals surface area contributed by atoms with Gasteiger partial charge in [-0.2, -0.15) is 0 Å². The van der Waals surface area contributed by atoms with Crippen LogP contribution in [-0.2, 0) is 22.6 Å². The van der Waals surface area contributed by atoms with Gasteiger partial charge in [0.25, 0.3) is 0 Å². The third-order valence-electron chi connectivity index (χ3n) is 6.50. The van der Waals surface area contributed by atoms with Gasteiger partial charge in [-0.1, -0.05) is 60.3 Å². The average Bonchev–Trinajstić information content (AvgIpc) is 3.59. The molecule has 2 aromatic heterocycles. The quantitative estimate of drug-likeness (QED) is 0.354. The number of fused-ring (bicyclic) bond motifs is 4. The molecule has 0 bridgehead atoms. The smallest absolute Gasteiger partial charge is 0.244 e. The van der Waals surface area contributed by atoms with Crippen molar-refractivity contribution in [2.75, 3.05) is 22.5 Å². The number of rotatable bonds is 6. The molecule has 3 aromatic carbocycles. The second kappa shape index (κ2) is 9.16. The number of hydrogen-bond donors (Lipinski definition) is 1. The van der Waals surface area contributed by atoms with Crippen molar-refractivity contribution in [1.29, 1.82) is 0 Å². The Morgan fingerprint density at radius 2 is 1.69 bits per heavy atom. The number of para-hydroxylation sites is 4. The molecule has 6 rings (SSSR count). The van der Waals surface area contributed by atoms with E-state index in [1.165, 1.54) is 17.3 Å². The zero-order chi connectivity index (χ0) is 24.6. The fourth-order valence-corrected chi connectivity index (χ4v) is 5.55. The number of benzene rings is 3. The maximum Gasteiger partial charge on any atom is 0.244 e. The predicted molar refractivity (Wildman–Crippen MR) is 142 cm³/mol. The lowest BCUT2D eigenvalue weighted by Crippen LogP contribution is -2.30. The lowest BCUT2D eigenvalue weighted by atomic mass is 10.2. The molecule has 9 heteroatoms. The van der Waals surface area contributed by atoms with E-state index < -0.39 is 0 Å². The molecule has 3 heterocycles. The zero-order valence-electron chi connectivity index (χ0n) is 19.7. The topological polar surface area (TPSA) is 84.5 Å². The van der Waals surface area contributed by atoms with Crippen LogP contribution in [0.1, 0.15) is 11.1 Å². The van der Waals surface area contributed by atoms with Crippen molar-refractivity contribution in [1.82, 2.24) is 19.2 Å². The van der Waals surface area contributed by atoms with Crippen molar-refractivity contribution in [3.63, 3.8) is 0 Å². The molecule has 0 atom stereocenters. The second-order valence-electron chi connectivity index (χ2n) is 8.77. The van der Waals surface area contributed by atoms with Crippen molar-refractivity contribution in [3.05, 3.63) is 83.9 Å². The first kappa shape index (κ1) is 22.4. The van der Waals surface area contributed by atoms with E-state index in [9.17, 15) is 9.59 Å². The summed E-state index contributed by atoms with van der Waals surface area (Å²) in [4.78, 5) is 27.8. The summed E-state index contributed by atoms with van der Waals surface area (Å²) in [6.45, 7) is 2.75.